The maximum absolute atomic E-state index is 13.3. The van der Waals surface area contributed by atoms with E-state index in [1.807, 2.05) is 30.5 Å². The first-order valence-corrected chi connectivity index (χ1v) is 15.1. The van der Waals surface area contributed by atoms with Gasteiger partial charge in [0.15, 0.2) is 0 Å². The Labute approximate surface area is 228 Å². The number of aliphatic hydroxyl groups is 1. The van der Waals surface area contributed by atoms with Crippen LogP contribution in [0.3, 0.4) is 0 Å². The second kappa shape index (κ2) is 12.0. The Balaban J connectivity index is 1.68. The Morgan fingerprint density at radius 3 is 2.24 bits per heavy atom. The molecule has 0 aliphatic carbocycles. The SMILES string of the molecule is CSc1ccc([C@@H]2C(=C(O)c3ccc(S(=O)(=O)N(C)C)cc3)C(=O)C(=O)N2CCCN2CCOCC2)cc1. The number of aliphatic hydroxyl groups excluding tert-OH is 1. The van der Waals surface area contributed by atoms with E-state index in [1.54, 1.807) is 11.8 Å². The number of hydrogen-bond donors (Lipinski definition) is 1. The monoisotopic (exact) mass is 559 g/mol. The van der Waals surface area contributed by atoms with Crippen molar-refractivity contribution in [3.63, 3.8) is 0 Å². The molecule has 0 spiro atoms. The van der Waals surface area contributed by atoms with Crippen molar-refractivity contribution in [2.45, 2.75) is 22.3 Å². The summed E-state index contributed by atoms with van der Waals surface area (Å²) < 4.78 is 31.4. The molecule has 2 heterocycles. The average molecular weight is 560 g/mol. The number of thioether (sulfide) groups is 1. The molecular formula is C27H33N3O6S2. The Hall–Kier alpha value is -2.70. The summed E-state index contributed by atoms with van der Waals surface area (Å²) in [5, 5.41) is 11.3. The van der Waals surface area contributed by atoms with Gasteiger partial charge in [-0.1, -0.05) is 12.1 Å². The zero-order valence-corrected chi connectivity index (χ0v) is 23.4. The molecule has 11 heteroatoms. The number of hydrogen-bond acceptors (Lipinski definition) is 8. The van der Waals surface area contributed by atoms with Crippen LogP contribution in [0.25, 0.3) is 5.76 Å². The van der Waals surface area contributed by atoms with Crippen molar-refractivity contribution >= 4 is 39.2 Å². The maximum Gasteiger partial charge on any atom is 0.295 e. The highest BCUT2D eigenvalue weighted by Gasteiger charge is 2.45. The van der Waals surface area contributed by atoms with Crippen LogP contribution in [0.15, 0.2) is 63.9 Å². The van der Waals surface area contributed by atoms with E-state index in [4.69, 9.17) is 4.74 Å². The van der Waals surface area contributed by atoms with Gasteiger partial charge in [-0.2, -0.15) is 0 Å². The lowest BCUT2D eigenvalue weighted by molar-refractivity contribution is -0.140. The van der Waals surface area contributed by atoms with Gasteiger partial charge < -0.3 is 14.7 Å². The number of ketones is 1. The lowest BCUT2D eigenvalue weighted by Gasteiger charge is -2.29. The molecule has 2 aromatic rings. The second-order valence-electron chi connectivity index (χ2n) is 9.39. The molecule has 1 atom stereocenters. The van der Waals surface area contributed by atoms with Crippen LogP contribution in [-0.2, 0) is 24.3 Å². The van der Waals surface area contributed by atoms with Crippen molar-refractivity contribution in [3.05, 3.63) is 65.2 Å². The normalized spacial score (nSPS) is 20.4. The molecule has 38 heavy (non-hydrogen) atoms. The highest BCUT2D eigenvalue weighted by Crippen LogP contribution is 2.40. The molecule has 0 saturated carbocycles. The zero-order chi connectivity index (χ0) is 27.4. The molecule has 204 valence electrons. The molecule has 0 aromatic heterocycles. The number of benzene rings is 2. The van der Waals surface area contributed by atoms with Crippen LogP contribution in [0, 0.1) is 0 Å². The summed E-state index contributed by atoms with van der Waals surface area (Å²) in [5.74, 6) is -1.73. The Morgan fingerprint density at radius 1 is 1.03 bits per heavy atom. The molecule has 2 saturated heterocycles. The van der Waals surface area contributed by atoms with Gasteiger partial charge >= 0.3 is 0 Å². The molecule has 0 bridgehead atoms. The van der Waals surface area contributed by atoms with E-state index in [0.717, 1.165) is 34.4 Å². The Kier molecular flexibility index (Phi) is 8.94. The molecular weight excluding hydrogens is 526 g/mol. The van der Waals surface area contributed by atoms with E-state index in [9.17, 15) is 23.1 Å². The molecule has 2 aliphatic rings. The first-order chi connectivity index (χ1) is 18.1. The molecule has 1 N–H and O–H groups in total. The van der Waals surface area contributed by atoms with E-state index in [0.29, 0.717) is 26.2 Å². The number of likely N-dealkylation sites (tertiary alicyclic amines) is 1. The van der Waals surface area contributed by atoms with Gasteiger partial charge in [0.1, 0.15) is 5.76 Å². The molecule has 9 nitrogen and oxygen atoms in total. The van der Waals surface area contributed by atoms with Crippen LogP contribution in [0.2, 0.25) is 0 Å². The van der Waals surface area contributed by atoms with Crippen LogP contribution in [0.5, 0.6) is 0 Å². The number of rotatable bonds is 9. The minimum absolute atomic E-state index is 0.00138. The lowest BCUT2D eigenvalue weighted by atomic mass is 9.95. The van der Waals surface area contributed by atoms with Gasteiger partial charge in [0.2, 0.25) is 10.0 Å². The van der Waals surface area contributed by atoms with Crippen LogP contribution in [-0.4, -0.2) is 99.1 Å². The highest BCUT2D eigenvalue weighted by atomic mass is 32.2. The fourth-order valence-electron chi connectivity index (χ4n) is 4.68. The number of carbonyl (C=O) groups is 2. The van der Waals surface area contributed by atoms with Crippen molar-refractivity contribution in [1.82, 2.24) is 14.1 Å². The van der Waals surface area contributed by atoms with Gasteiger partial charge in [-0.05, 0) is 54.6 Å². The topological polar surface area (TPSA) is 107 Å². The third-order valence-corrected chi connectivity index (χ3v) is 9.43. The summed E-state index contributed by atoms with van der Waals surface area (Å²) in [6, 6.07) is 12.5. The molecule has 2 fully saturated rings. The second-order valence-corrected chi connectivity index (χ2v) is 12.4. The Bertz CT molecular complexity index is 1300. The number of amides is 1. The lowest BCUT2D eigenvalue weighted by Crippen LogP contribution is -2.38. The molecule has 1 amide bonds. The van der Waals surface area contributed by atoms with E-state index in [2.05, 4.69) is 4.90 Å². The third kappa shape index (κ3) is 5.81. The minimum atomic E-state index is -3.65. The van der Waals surface area contributed by atoms with Crippen LogP contribution >= 0.6 is 11.8 Å². The average Bonchev–Trinajstić information content (AvgIpc) is 3.18. The molecule has 0 unspecified atom stereocenters. The fourth-order valence-corrected chi connectivity index (χ4v) is 5.99. The first-order valence-electron chi connectivity index (χ1n) is 12.4. The summed E-state index contributed by atoms with van der Waals surface area (Å²) in [6.45, 7) is 4.15. The summed E-state index contributed by atoms with van der Waals surface area (Å²) in [6.07, 6.45) is 2.64. The summed E-state index contributed by atoms with van der Waals surface area (Å²) in [5.41, 5.74) is 0.989. The van der Waals surface area contributed by atoms with Crippen molar-refractivity contribution in [2.24, 2.45) is 0 Å². The number of morpholine rings is 1. The van der Waals surface area contributed by atoms with E-state index in [-0.39, 0.29) is 21.8 Å². The standard InChI is InChI=1S/C27H33N3O6S2/c1-28(2)38(34,35)22-11-7-20(8-12-22)25(31)23-24(19-5-9-21(37-3)10-6-19)30(27(33)26(23)32)14-4-13-29-15-17-36-18-16-29/h5-12,24,31H,4,13-18H2,1-3H3/t24-/m1/s1. The van der Waals surface area contributed by atoms with Crippen molar-refractivity contribution in [2.75, 3.05) is 59.7 Å². The largest absolute Gasteiger partial charge is 0.507 e. The smallest absolute Gasteiger partial charge is 0.295 e. The van der Waals surface area contributed by atoms with E-state index in [1.165, 1.54) is 43.3 Å². The van der Waals surface area contributed by atoms with Crippen molar-refractivity contribution in [3.8, 4) is 0 Å². The molecule has 2 aromatic carbocycles. The molecule has 0 radical (unpaired) electrons. The van der Waals surface area contributed by atoms with Gasteiger partial charge in [-0.25, -0.2) is 12.7 Å². The zero-order valence-electron chi connectivity index (χ0n) is 21.8. The first kappa shape index (κ1) is 28.3. The quantitative estimate of drug-likeness (QED) is 0.216. The van der Waals surface area contributed by atoms with Crippen LogP contribution in [0.4, 0.5) is 0 Å². The van der Waals surface area contributed by atoms with Crippen molar-refractivity contribution < 1.29 is 27.9 Å². The van der Waals surface area contributed by atoms with Gasteiger partial charge in [-0.3, -0.25) is 14.5 Å². The number of sulfonamides is 1. The van der Waals surface area contributed by atoms with Gasteiger partial charge in [0.25, 0.3) is 11.7 Å². The summed E-state index contributed by atoms with van der Waals surface area (Å²) >= 11 is 1.58. The number of Topliss-reactive ketones (excluding diaryl/α,β-unsaturated/α-hetero) is 1. The molecule has 2 aliphatic heterocycles. The predicted octanol–water partition coefficient (Wildman–Crippen LogP) is 2.80. The number of carbonyl (C=O) groups excluding carboxylic acids is 2. The van der Waals surface area contributed by atoms with Crippen LogP contribution in [0.1, 0.15) is 23.6 Å². The van der Waals surface area contributed by atoms with Crippen LogP contribution < -0.4 is 0 Å². The number of nitrogens with zero attached hydrogens (tertiary/aromatic N) is 3. The minimum Gasteiger partial charge on any atom is -0.507 e. The maximum atomic E-state index is 13.3. The summed E-state index contributed by atoms with van der Waals surface area (Å²) in [4.78, 5) is 31.4. The predicted molar refractivity (Wildman–Crippen MR) is 146 cm³/mol. The number of ether oxygens (including phenoxy) is 1. The van der Waals surface area contributed by atoms with Gasteiger partial charge in [0, 0.05) is 50.7 Å². The molecule has 4 rings (SSSR count). The summed E-state index contributed by atoms with van der Waals surface area (Å²) in [7, 11) is -0.781. The van der Waals surface area contributed by atoms with E-state index < -0.39 is 27.8 Å². The van der Waals surface area contributed by atoms with Gasteiger partial charge in [-0.15, -0.1) is 11.8 Å². The van der Waals surface area contributed by atoms with E-state index >= 15 is 0 Å². The third-order valence-electron chi connectivity index (χ3n) is 6.85. The highest BCUT2D eigenvalue weighted by molar-refractivity contribution is 7.98. The van der Waals surface area contributed by atoms with Gasteiger partial charge in [0.05, 0.1) is 29.7 Å². The Morgan fingerprint density at radius 2 is 1.66 bits per heavy atom. The van der Waals surface area contributed by atoms with Crippen molar-refractivity contribution in [1.29, 1.82) is 0 Å². The fraction of sp³-hybridized carbons (Fsp3) is 0.407.